The van der Waals surface area contributed by atoms with Crippen molar-refractivity contribution < 1.29 is 9.53 Å². The average molecular weight is 308 g/mol. The van der Waals surface area contributed by atoms with Crippen LogP contribution in [0.3, 0.4) is 0 Å². The zero-order chi connectivity index (χ0) is 17.9. The summed E-state index contributed by atoms with van der Waals surface area (Å²) < 4.78 is 4.95. The molecule has 0 amide bonds. The molecule has 0 aliphatic rings. The minimum Gasteiger partial charge on any atom is -0.466 e. The lowest BCUT2D eigenvalue weighted by atomic mass is 10.3. The van der Waals surface area contributed by atoms with Crippen LogP contribution in [0.1, 0.15) is 101 Å². The first-order chi connectivity index (χ1) is 10.2. The van der Waals surface area contributed by atoms with Crippen LogP contribution < -0.4 is 5.73 Å². The van der Waals surface area contributed by atoms with Crippen molar-refractivity contribution in [1.29, 1.82) is 0 Å². The third-order valence-corrected chi connectivity index (χ3v) is 1.60. The van der Waals surface area contributed by atoms with Crippen LogP contribution in [0.15, 0.2) is 0 Å². The Morgan fingerprint density at radius 3 is 1.62 bits per heavy atom. The first-order valence-corrected chi connectivity index (χ1v) is 9.08. The zero-order valence-electron chi connectivity index (χ0n) is 16.6. The van der Waals surface area contributed by atoms with Crippen LogP contribution in [0.4, 0.5) is 0 Å². The Morgan fingerprint density at radius 1 is 0.857 bits per heavy atom. The monoisotopic (exact) mass is 307 g/mol. The van der Waals surface area contributed by atoms with Crippen molar-refractivity contribution in [2.75, 3.05) is 13.2 Å². The highest BCUT2D eigenvalue weighted by atomic mass is 16.5. The van der Waals surface area contributed by atoms with Gasteiger partial charge in [-0.25, -0.2) is 0 Å². The molecule has 0 fully saturated rings. The number of hydrogen-bond donors (Lipinski definition) is 1. The second kappa shape index (κ2) is 50.5. The number of unbranched alkanes of at least 4 members (excludes halogenated alkanes) is 2. The molecule has 0 aromatic rings. The van der Waals surface area contributed by atoms with Gasteiger partial charge in [-0.05, 0) is 19.4 Å². The van der Waals surface area contributed by atoms with Crippen LogP contribution in [0.25, 0.3) is 0 Å². The van der Waals surface area contributed by atoms with E-state index in [0.29, 0.717) is 19.6 Å². The highest BCUT2D eigenvalue weighted by Crippen LogP contribution is 1.96. The van der Waals surface area contributed by atoms with E-state index in [-0.39, 0.29) is 5.97 Å². The van der Waals surface area contributed by atoms with Crippen molar-refractivity contribution in [1.82, 2.24) is 0 Å². The largest absolute Gasteiger partial charge is 0.466 e. The van der Waals surface area contributed by atoms with E-state index in [1.807, 2.05) is 41.5 Å². The van der Waals surface area contributed by atoms with Crippen LogP contribution >= 0.6 is 0 Å². The van der Waals surface area contributed by atoms with E-state index < -0.39 is 0 Å². The first kappa shape index (κ1) is 32.4. The lowest BCUT2D eigenvalue weighted by Gasteiger charge is -2.02. The van der Waals surface area contributed by atoms with Crippen molar-refractivity contribution in [3.8, 4) is 0 Å². The van der Waals surface area contributed by atoms with Crippen molar-refractivity contribution in [2.45, 2.75) is 101 Å². The molecule has 0 bridgehead atoms. The topological polar surface area (TPSA) is 52.3 Å². The van der Waals surface area contributed by atoms with Crippen LogP contribution in [0, 0.1) is 0 Å². The molecule has 0 saturated carbocycles. The van der Waals surface area contributed by atoms with E-state index in [4.69, 9.17) is 10.5 Å². The molecule has 0 saturated heterocycles. The van der Waals surface area contributed by atoms with Gasteiger partial charge in [-0.15, -0.1) is 0 Å². The Hall–Kier alpha value is -0.570. The molecule has 0 radical (unpaired) electrons. The molecule has 0 atom stereocenters. The van der Waals surface area contributed by atoms with Gasteiger partial charge in [-0.3, -0.25) is 4.79 Å². The number of hydrogen-bond acceptors (Lipinski definition) is 3. The normalized spacial score (nSPS) is 7.33. The molecule has 0 aliphatic heterocycles. The number of nitrogens with two attached hydrogens (primary N) is 1. The maximum absolute atomic E-state index is 10.9. The lowest BCUT2D eigenvalue weighted by molar-refractivity contribution is -0.143. The van der Waals surface area contributed by atoms with Gasteiger partial charge in [0, 0.05) is 6.42 Å². The fraction of sp³-hybridized carbons (Fsp3) is 0.944. The van der Waals surface area contributed by atoms with Crippen LogP contribution in [-0.2, 0) is 9.53 Å². The summed E-state index contributed by atoms with van der Waals surface area (Å²) >= 11 is 0. The molecule has 0 aromatic heterocycles. The van der Waals surface area contributed by atoms with Crippen molar-refractivity contribution in [3.05, 3.63) is 0 Å². The van der Waals surface area contributed by atoms with Crippen molar-refractivity contribution in [3.63, 3.8) is 0 Å². The molecule has 2 N–H and O–H groups in total. The predicted octanol–water partition coefficient (Wildman–Crippen LogP) is 5.95. The van der Waals surface area contributed by atoms with Gasteiger partial charge in [0.2, 0.25) is 0 Å². The van der Waals surface area contributed by atoms with E-state index in [9.17, 15) is 4.79 Å². The lowest BCUT2D eigenvalue weighted by Crippen LogP contribution is -2.08. The molecular formula is C18H45NO2. The standard InChI is InChI=1S/C9H19NO2.C3H8.3C2H6/c1-2-3-4-8-12-9(11)6-5-7-10;1-3-2;3*1-2/h2-8,10H2,1H3;3H2,1-2H3;3*1-2H3. The molecular weight excluding hydrogens is 262 g/mol. The summed E-state index contributed by atoms with van der Waals surface area (Å²) in [6.45, 7) is 19.5. The van der Waals surface area contributed by atoms with Gasteiger partial charge in [0.05, 0.1) is 6.61 Å². The molecule has 0 aliphatic carbocycles. The summed E-state index contributed by atoms with van der Waals surface area (Å²) in [5, 5.41) is 0. The summed E-state index contributed by atoms with van der Waals surface area (Å²) in [5.74, 6) is -0.114. The number of rotatable bonds is 7. The Labute approximate surface area is 136 Å². The van der Waals surface area contributed by atoms with Crippen LogP contribution in [-0.4, -0.2) is 19.1 Å². The van der Waals surface area contributed by atoms with Gasteiger partial charge in [-0.1, -0.05) is 81.6 Å². The van der Waals surface area contributed by atoms with Crippen LogP contribution in [0.5, 0.6) is 0 Å². The van der Waals surface area contributed by atoms with Crippen molar-refractivity contribution >= 4 is 5.97 Å². The summed E-state index contributed by atoms with van der Waals surface area (Å²) in [5.41, 5.74) is 5.25. The average Bonchev–Trinajstić information content (AvgIpc) is 2.56. The third kappa shape index (κ3) is 66.4. The highest BCUT2D eigenvalue weighted by molar-refractivity contribution is 5.69. The molecule has 3 nitrogen and oxygen atoms in total. The summed E-state index contributed by atoms with van der Waals surface area (Å²) in [4.78, 5) is 10.9. The summed E-state index contributed by atoms with van der Waals surface area (Å²) in [6, 6.07) is 0. The third-order valence-electron chi connectivity index (χ3n) is 1.60. The Balaban J connectivity index is -0.0000000795. The van der Waals surface area contributed by atoms with Gasteiger partial charge in [0.25, 0.3) is 0 Å². The molecule has 3 heteroatoms. The second-order valence-corrected chi connectivity index (χ2v) is 3.53. The number of esters is 1. The number of ether oxygens (including phenoxy) is 1. The van der Waals surface area contributed by atoms with E-state index in [1.54, 1.807) is 0 Å². The summed E-state index contributed by atoms with van der Waals surface area (Å²) in [7, 11) is 0. The van der Waals surface area contributed by atoms with Gasteiger partial charge >= 0.3 is 5.97 Å². The maximum Gasteiger partial charge on any atom is 0.305 e. The Kier molecular flexibility index (Phi) is 77.9. The van der Waals surface area contributed by atoms with Gasteiger partial charge in [-0.2, -0.15) is 0 Å². The van der Waals surface area contributed by atoms with Gasteiger partial charge in [0.1, 0.15) is 0 Å². The SMILES string of the molecule is CC.CC.CC.CCC.CCCCCOC(=O)CCCN. The van der Waals surface area contributed by atoms with Gasteiger partial charge < -0.3 is 10.5 Å². The molecule has 0 rings (SSSR count). The van der Waals surface area contributed by atoms with E-state index in [1.165, 1.54) is 6.42 Å². The fourth-order valence-corrected chi connectivity index (χ4v) is 0.857. The van der Waals surface area contributed by atoms with E-state index in [2.05, 4.69) is 20.8 Å². The second-order valence-electron chi connectivity index (χ2n) is 3.53. The Bertz CT molecular complexity index is 128. The molecule has 0 spiro atoms. The van der Waals surface area contributed by atoms with E-state index in [0.717, 1.165) is 25.7 Å². The Morgan fingerprint density at radius 2 is 1.29 bits per heavy atom. The van der Waals surface area contributed by atoms with Crippen molar-refractivity contribution in [2.24, 2.45) is 5.73 Å². The van der Waals surface area contributed by atoms with Crippen LogP contribution in [0.2, 0.25) is 0 Å². The maximum atomic E-state index is 10.9. The minimum atomic E-state index is -0.114. The quantitative estimate of drug-likeness (QED) is 0.467. The number of carbonyl (C=O) groups is 1. The summed E-state index contributed by atoms with van der Waals surface area (Å²) in [6.07, 6.45) is 5.70. The molecule has 0 heterocycles. The molecule has 0 unspecified atom stereocenters. The smallest absolute Gasteiger partial charge is 0.305 e. The molecule has 134 valence electrons. The highest BCUT2D eigenvalue weighted by Gasteiger charge is 2.00. The van der Waals surface area contributed by atoms with E-state index >= 15 is 0 Å². The molecule has 0 aromatic carbocycles. The van der Waals surface area contributed by atoms with Gasteiger partial charge in [0.15, 0.2) is 0 Å². The first-order valence-electron chi connectivity index (χ1n) is 9.08. The number of carbonyl (C=O) groups excluding carboxylic acids is 1. The fourth-order valence-electron chi connectivity index (χ4n) is 0.857. The predicted molar refractivity (Wildman–Crippen MR) is 98.8 cm³/mol. The zero-order valence-corrected chi connectivity index (χ0v) is 16.6. The minimum absolute atomic E-state index is 0.114. The molecule has 21 heavy (non-hydrogen) atoms.